The van der Waals surface area contributed by atoms with Gasteiger partial charge in [-0.25, -0.2) is 4.39 Å². The van der Waals surface area contributed by atoms with E-state index in [-0.39, 0.29) is 17.8 Å². The van der Waals surface area contributed by atoms with Crippen molar-refractivity contribution < 1.29 is 14.3 Å². The molecule has 17 heavy (non-hydrogen) atoms. The van der Waals surface area contributed by atoms with Crippen molar-refractivity contribution in [2.45, 2.75) is 39.3 Å². The van der Waals surface area contributed by atoms with Gasteiger partial charge >= 0.3 is 0 Å². The van der Waals surface area contributed by atoms with Crippen molar-refractivity contribution in [3.63, 3.8) is 0 Å². The first kappa shape index (κ1) is 13.6. The van der Waals surface area contributed by atoms with Gasteiger partial charge in [0.15, 0.2) is 0 Å². The molecular weight excluding hydrogens is 221 g/mol. The minimum absolute atomic E-state index is 0.146. The van der Waals surface area contributed by atoms with E-state index in [4.69, 9.17) is 0 Å². The van der Waals surface area contributed by atoms with E-state index in [9.17, 15) is 14.3 Å². The molecule has 0 saturated carbocycles. The summed E-state index contributed by atoms with van der Waals surface area (Å²) in [5, 5.41) is 11.9. The first-order valence-corrected chi connectivity index (χ1v) is 5.65. The fraction of sp³-hybridized carbons (Fsp3) is 0.462. The van der Waals surface area contributed by atoms with Crippen LogP contribution in [-0.2, 0) is 0 Å². The Labute approximate surface area is 101 Å². The highest BCUT2D eigenvalue weighted by atomic mass is 19.1. The van der Waals surface area contributed by atoms with Crippen LogP contribution in [0, 0.1) is 12.7 Å². The molecule has 0 bridgehead atoms. The number of amides is 1. The van der Waals surface area contributed by atoms with Crippen LogP contribution < -0.4 is 5.32 Å². The number of nitrogens with one attached hydrogen (secondary N) is 1. The maximum Gasteiger partial charge on any atom is 0.251 e. The van der Waals surface area contributed by atoms with Crippen LogP contribution in [-0.4, -0.2) is 23.2 Å². The number of aliphatic hydroxyl groups excluding tert-OH is 1. The van der Waals surface area contributed by atoms with E-state index in [0.29, 0.717) is 17.5 Å². The number of benzene rings is 1. The fourth-order valence-corrected chi connectivity index (χ4v) is 1.61. The standard InChI is InChI=1S/C13H18FNO2/c1-8-4-5-11(7-12(8)14)13(17)15-9(2)6-10(3)16/h4-5,7,9-10,16H,6H2,1-3H3,(H,15,17). The quantitative estimate of drug-likeness (QED) is 0.844. The first-order chi connectivity index (χ1) is 7.90. The van der Waals surface area contributed by atoms with E-state index in [1.54, 1.807) is 32.9 Å². The zero-order valence-electron chi connectivity index (χ0n) is 10.3. The zero-order chi connectivity index (χ0) is 13.0. The molecule has 0 aliphatic carbocycles. The zero-order valence-corrected chi connectivity index (χ0v) is 10.3. The molecule has 0 aliphatic rings. The topological polar surface area (TPSA) is 49.3 Å². The summed E-state index contributed by atoms with van der Waals surface area (Å²) in [6.45, 7) is 5.11. The van der Waals surface area contributed by atoms with Gasteiger partial charge in [-0.1, -0.05) is 6.07 Å². The number of halogens is 1. The minimum atomic E-state index is -0.472. The van der Waals surface area contributed by atoms with Crippen LogP contribution in [0.4, 0.5) is 4.39 Å². The summed E-state index contributed by atoms with van der Waals surface area (Å²) in [7, 11) is 0. The van der Waals surface area contributed by atoms with Crippen LogP contribution in [0.2, 0.25) is 0 Å². The summed E-state index contributed by atoms with van der Waals surface area (Å²) in [6.07, 6.45) is 0.000133. The summed E-state index contributed by atoms with van der Waals surface area (Å²) >= 11 is 0. The lowest BCUT2D eigenvalue weighted by Gasteiger charge is -2.15. The highest BCUT2D eigenvalue weighted by Crippen LogP contribution is 2.09. The highest BCUT2D eigenvalue weighted by Gasteiger charge is 2.12. The molecule has 0 aromatic heterocycles. The summed E-state index contributed by atoms with van der Waals surface area (Å²) in [6, 6.07) is 4.23. The largest absolute Gasteiger partial charge is 0.393 e. The van der Waals surface area contributed by atoms with Gasteiger partial charge in [0.1, 0.15) is 5.82 Å². The van der Waals surface area contributed by atoms with Crippen molar-refractivity contribution in [2.24, 2.45) is 0 Å². The average Bonchev–Trinajstić information content (AvgIpc) is 2.20. The second-order valence-electron chi connectivity index (χ2n) is 4.42. The molecule has 0 fully saturated rings. The van der Waals surface area contributed by atoms with E-state index < -0.39 is 6.10 Å². The Hall–Kier alpha value is -1.42. The average molecular weight is 239 g/mol. The van der Waals surface area contributed by atoms with E-state index in [1.165, 1.54) is 6.07 Å². The molecule has 1 aromatic carbocycles. The minimum Gasteiger partial charge on any atom is -0.393 e. The smallest absolute Gasteiger partial charge is 0.251 e. The molecule has 4 heteroatoms. The molecule has 0 spiro atoms. The van der Waals surface area contributed by atoms with Gasteiger partial charge in [-0.15, -0.1) is 0 Å². The summed E-state index contributed by atoms with van der Waals surface area (Å²) in [5.74, 6) is -0.710. The van der Waals surface area contributed by atoms with E-state index in [1.807, 2.05) is 0 Å². The third-order valence-electron chi connectivity index (χ3n) is 2.51. The number of aliphatic hydroxyl groups is 1. The van der Waals surface area contributed by atoms with Gasteiger partial charge in [-0.3, -0.25) is 4.79 Å². The Morgan fingerprint density at radius 2 is 2.12 bits per heavy atom. The lowest BCUT2D eigenvalue weighted by Crippen LogP contribution is -2.34. The molecule has 1 amide bonds. The number of hydrogen-bond donors (Lipinski definition) is 2. The third-order valence-corrected chi connectivity index (χ3v) is 2.51. The van der Waals surface area contributed by atoms with Crippen LogP contribution in [0.3, 0.4) is 0 Å². The number of hydrogen-bond acceptors (Lipinski definition) is 2. The van der Waals surface area contributed by atoms with Gasteiger partial charge in [-0.2, -0.15) is 0 Å². The van der Waals surface area contributed by atoms with Crippen molar-refractivity contribution in [3.8, 4) is 0 Å². The van der Waals surface area contributed by atoms with Crippen molar-refractivity contribution in [1.82, 2.24) is 5.32 Å². The number of carbonyl (C=O) groups is 1. The Morgan fingerprint density at radius 3 is 2.65 bits per heavy atom. The second kappa shape index (κ2) is 5.77. The lowest BCUT2D eigenvalue weighted by atomic mass is 10.1. The molecule has 2 unspecified atom stereocenters. The Bertz CT molecular complexity index is 404. The van der Waals surface area contributed by atoms with E-state index in [0.717, 1.165) is 0 Å². The lowest BCUT2D eigenvalue weighted by molar-refractivity contribution is 0.0922. The molecule has 0 radical (unpaired) electrons. The molecule has 3 nitrogen and oxygen atoms in total. The van der Waals surface area contributed by atoms with Gasteiger partial charge in [0.25, 0.3) is 5.91 Å². The maximum atomic E-state index is 13.3. The van der Waals surface area contributed by atoms with Crippen molar-refractivity contribution >= 4 is 5.91 Å². The SMILES string of the molecule is Cc1ccc(C(=O)NC(C)CC(C)O)cc1F. The molecule has 2 N–H and O–H groups in total. The Balaban J connectivity index is 2.66. The van der Waals surface area contributed by atoms with Gasteiger partial charge < -0.3 is 10.4 Å². The monoisotopic (exact) mass is 239 g/mol. The molecule has 1 rings (SSSR count). The fourth-order valence-electron chi connectivity index (χ4n) is 1.61. The molecule has 2 atom stereocenters. The molecule has 1 aromatic rings. The normalized spacial score (nSPS) is 14.2. The van der Waals surface area contributed by atoms with Gasteiger partial charge in [0, 0.05) is 11.6 Å². The molecule has 94 valence electrons. The number of carbonyl (C=O) groups excluding carboxylic acids is 1. The molecule has 0 saturated heterocycles. The van der Waals surface area contributed by atoms with Crippen LogP contribution >= 0.6 is 0 Å². The second-order valence-corrected chi connectivity index (χ2v) is 4.42. The molecule has 0 heterocycles. The Morgan fingerprint density at radius 1 is 1.47 bits per heavy atom. The van der Waals surface area contributed by atoms with Crippen LogP contribution in [0.5, 0.6) is 0 Å². The highest BCUT2D eigenvalue weighted by molar-refractivity contribution is 5.94. The maximum absolute atomic E-state index is 13.3. The van der Waals surface area contributed by atoms with Gasteiger partial charge in [0.2, 0.25) is 0 Å². The van der Waals surface area contributed by atoms with Crippen molar-refractivity contribution in [2.75, 3.05) is 0 Å². The van der Waals surface area contributed by atoms with Crippen molar-refractivity contribution in [3.05, 3.63) is 35.1 Å². The van der Waals surface area contributed by atoms with Gasteiger partial charge in [-0.05, 0) is 44.9 Å². The van der Waals surface area contributed by atoms with Crippen LogP contribution in [0.25, 0.3) is 0 Å². The van der Waals surface area contributed by atoms with Crippen LogP contribution in [0.15, 0.2) is 18.2 Å². The summed E-state index contributed by atoms with van der Waals surface area (Å²) in [4.78, 5) is 11.7. The predicted octanol–water partition coefficient (Wildman–Crippen LogP) is 2.02. The van der Waals surface area contributed by atoms with E-state index in [2.05, 4.69) is 5.32 Å². The van der Waals surface area contributed by atoms with E-state index >= 15 is 0 Å². The van der Waals surface area contributed by atoms with Crippen molar-refractivity contribution in [1.29, 1.82) is 0 Å². The predicted molar refractivity (Wildman–Crippen MR) is 64.4 cm³/mol. The molecular formula is C13H18FNO2. The first-order valence-electron chi connectivity index (χ1n) is 5.65. The Kier molecular flexibility index (Phi) is 4.63. The third kappa shape index (κ3) is 4.15. The van der Waals surface area contributed by atoms with Gasteiger partial charge in [0.05, 0.1) is 6.10 Å². The number of rotatable bonds is 4. The summed E-state index contributed by atoms with van der Waals surface area (Å²) < 4.78 is 13.3. The summed E-state index contributed by atoms with van der Waals surface area (Å²) in [5.41, 5.74) is 0.809. The molecule has 0 aliphatic heterocycles. The number of aryl methyl sites for hydroxylation is 1. The van der Waals surface area contributed by atoms with Crippen LogP contribution in [0.1, 0.15) is 36.2 Å².